The van der Waals surface area contributed by atoms with E-state index in [1.807, 2.05) is 61.5 Å². The van der Waals surface area contributed by atoms with Gasteiger partial charge in [-0.1, -0.05) is 11.6 Å². The molecule has 1 aliphatic rings. The Morgan fingerprint density at radius 3 is 2.73 bits per heavy atom. The van der Waals surface area contributed by atoms with Gasteiger partial charge in [-0.3, -0.25) is 0 Å². The van der Waals surface area contributed by atoms with Crippen molar-refractivity contribution >= 4 is 23.0 Å². The van der Waals surface area contributed by atoms with Crippen molar-refractivity contribution in [1.29, 1.82) is 0 Å². The van der Waals surface area contributed by atoms with Crippen LogP contribution in [-0.4, -0.2) is 50.3 Å². The van der Waals surface area contributed by atoms with Crippen molar-refractivity contribution < 1.29 is 0 Å². The summed E-state index contributed by atoms with van der Waals surface area (Å²) in [5.74, 6) is 0. The highest BCUT2D eigenvalue weighted by molar-refractivity contribution is 6.33. The predicted octanol–water partition coefficient (Wildman–Crippen LogP) is 2.84. The van der Waals surface area contributed by atoms with Crippen molar-refractivity contribution in [2.45, 2.75) is 12.7 Å². The summed E-state index contributed by atoms with van der Waals surface area (Å²) in [7, 11) is 5.89. The molecule has 0 fully saturated rings. The molecule has 1 heterocycles. The number of rotatable bonds is 6. The average molecular weight is 323 g/mol. The van der Waals surface area contributed by atoms with E-state index in [9.17, 15) is 0 Å². The zero-order chi connectivity index (χ0) is 16.1. The fraction of sp³-hybridized carbons (Fsp3) is 0.467. The Morgan fingerprint density at radius 2 is 2.09 bits per heavy atom. The number of hydrogen-bond acceptors (Lipinski definition) is 6. The second-order valence-corrected chi connectivity index (χ2v) is 5.84. The molecular weight excluding hydrogens is 300 g/mol. The number of azo groups is 1. The molecule has 1 aromatic carbocycles. The molecular formula is C15H23ClN6. The summed E-state index contributed by atoms with van der Waals surface area (Å²) in [6, 6.07) is 5.68. The van der Waals surface area contributed by atoms with Crippen molar-refractivity contribution in [3.8, 4) is 0 Å². The summed E-state index contributed by atoms with van der Waals surface area (Å²) in [4.78, 5) is 6.09. The van der Waals surface area contributed by atoms with Crippen LogP contribution in [-0.2, 0) is 0 Å². The maximum atomic E-state index is 6.26. The standard InChI is InChI=1S/C15H23ClN6/c1-20(2)14-6-5-12(11-13(14)16)18-19-15-21(3)9-10-22(15)8-4-7-17/h5-6,9-11,15H,4,7-8,17H2,1-3H3/b19-18+. The summed E-state index contributed by atoms with van der Waals surface area (Å²) in [5.41, 5.74) is 7.28. The summed E-state index contributed by atoms with van der Waals surface area (Å²) < 4.78 is 0. The van der Waals surface area contributed by atoms with Crippen LogP contribution in [0.1, 0.15) is 6.42 Å². The monoisotopic (exact) mass is 322 g/mol. The molecule has 0 amide bonds. The van der Waals surface area contributed by atoms with Crippen LogP contribution in [0.4, 0.5) is 11.4 Å². The second kappa shape index (κ2) is 7.47. The van der Waals surface area contributed by atoms with E-state index in [-0.39, 0.29) is 6.29 Å². The first-order valence-corrected chi connectivity index (χ1v) is 7.64. The van der Waals surface area contributed by atoms with E-state index in [4.69, 9.17) is 17.3 Å². The molecule has 1 aliphatic heterocycles. The number of nitrogens with two attached hydrogens (primary N) is 1. The van der Waals surface area contributed by atoms with Crippen LogP contribution in [0, 0.1) is 0 Å². The van der Waals surface area contributed by atoms with Crippen molar-refractivity contribution in [2.75, 3.05) is 39.1 Å². The van der Waals surface area contributed by atoms with Crippen molar-refractivity contribution in [3.63, 3.8) is 0 Å². The van der Waals surface area contributed by atoms with Gasteiger partial charge in [0.2, 0.25) is 6.29 Å². The molecule has 2 rings (SSSR count). The van der Waals surface area contributed by atoms with E-state index in [0.29, 0.717) is 11.6 Å². The SMILES string of the molecule is CN(C)c1ccc(/N=N/C2N(C)C=CN2CCCN)cc1Cl. The summed E-state index contributed by atoms with van der Waals surface area (Å²) in [5, 5.41) is 9.42. The molecule has 0 aromatic heterocycles. The third kappa shape index (κ3) is 3.90. The molecule has 0 radical (unpaired) electrons. The van der Waals surface area contributed by atoms with E-state index in [1.165, 1.54) is 0 Å². The summed E-state index contributed by atoms with van der Waals surface area (Å²) in [6.45, 7) is 1.53. The minimum atomic E-state index is -0.126. The molecule has 1 atom stereocenters. The Morgan fingerprint density at radius 1 is 1.32 bits per heavy atom. The van der Waals surface area contributed by atoms with Crippen molar-refractivity contribution in [1.82, 2.24) is 9.80 Å². The lowest BCUT2D eigenvalue weighted by Crippen LogP contribution is -2.35. The van der Waals surface area contributed by atoms with E-state index in [0.717, 1.165) is 24.3 Å². The first kappa shape index (κ1) is 16.6. The first-order chi connectivity index (χ1) is 10.5. The van der Waals surface area contributed by atoms with Crippen LogP contribution in [0.5, 0.6) is 0 Å². The largest absolute Gasteiger partial charge is 0.376 e. The third-order valence-electron chi connectivity index (χ3n) is 3.46. The van der Waals surface area contributed by atoms with Gasteiger partial charge >= 0.3 is 0 Å². The molecule has 6 nitrogen and oxygen atoms in total. The molecule has 0 bridgehead atoms. The van der Waals surface area contributed by atoms with Gasteiger partial charge < -0.3 is 20.4 Å². The van der Waals surface area contributed by atoms with Crippen LogP contribution in [0.15, 0.2) is 40.8 Å². The van der Waals surface area contributed by atoms with E-state index in [1.54, 1.807) is 0 Å². The topological polar surface area (TPSA) is 60.5 Å². The van der Waals surface area contributed by atoms with E-state index >= 15 is 0 Å². The normalized spacial score (nSPS) is 17.8. The van der Waals surface area contributed by atoms with Gasteiger partial charge in [-0.2, -0.15) is 5.11 Å². The Balaban J connectivity index is 2.08. The van der Waals surface area contributed by atoms with E-state index < -0.39 is 0 Å². The molecule has 120 valence electrons. The Labute approximate surface area is 136 Å². The van der Waals surface area contributed by atoms with Gasteiger partial charge in [0.15, 0.2) is 0 Å². The fourth-order valence-corrected chi connectivity index (χ4v) is 2.57. The Hall–Kier alpha value is -1.79. The minimum Gasteiger partial charge on any atom is -0.376 e. The predicted molar refractivity (Wildman–Crippen MR) is 91.4 cm³/mol. The van der Waals surface area contributed by atoms with Gasteiger partial charge in [-0.15, -0.1) is 5.11 Å². The lowest BCUT2D eigenvalue weighted by atomic mass is 10.3. The summed E-state index contributed by atoms with van der Waals surface area (Å²) in [6.07, 6.45) is 4.80. The zero-order valence-corrected chi connectivity index (χ0v) is 14.0. The zero-order valence-electron chi connectivity index (χ0n) is 13.3. The molecule has 7 heteroatoms. The highest BCUT2D eigenvalue weighted by atomic mass is 35.5. The van der Waals surface area contributed by atoms with Gasteiger partial charge in [0.25, 0.3) is 0 Å². The van der Waals surface area contributed by atoms with E-state index in [2.05, 4.69) is 15.1 Å². The molecule has 0 saturated carbocycles. The summed E-state index contributed by atoms with van der Waals surface area (Å²) >= 11 is 6.26. The maximum absolute atomic E-state index is 6.26. The lowest BCUT2D eigenvalue weighted by molar-refractivity contribution is 0.177. The van der Waals surface area contributed by atoms with Gasteiger partial charge in [-0.05, 0) is 31.2 Å². The Bertz CT molecular complexity index is 557. The Kier molecular flexibility index (Phi) is 5.63. The molecule has 1 aromatic rings. The molecule has 0 saturated heterocycles. The second-order valence-electron chi connectivity index (χ2n) is 5.44. The highest BCUT2D eigenvalue weighted by Gasteiger charge is 2.22. The van der Waals surface area contributed by atoms with Gasteiger partial charge in [0.1, 0.15) is 0 Å². The van der Waals surface area contributed by atoms with Crippen LogP contribution >= 0.6 is 11.6 Å². The minimum absolute atomic E-state index is 0.126. The van der Waals surface area contributed by atoms with Crippen molar-refractivity contribution in [3.05, 3.63) is 35.6 Å². The number of benzene rings is 1. The fourth-order valence-electron chi connectivity index (χ4n) is 2.23. The van der Waals surface area contributed by atoms with Crippen LogP contribution < -0.4 is 10.6 Å². The van der Waals surface area contributed by atoms with Crippen LogP contribution in [0.25, 0.3) is 0 Å². The number of hydrogen-bond donors (Lipinski definition) is 1. The lowest BCUT2D eigenvalue weighted by Gasteiger charge is -2.25. The van der Waals surface area contributed by atoms with Crippen LogP contribution in [0.2, 0.25) is 5.02 Å². The number of halogens is 1. The maximum Gasteiger partial charge on any atom is 0.218 e. The smallest absolute Gasteiger partial charge is 0.218 e. The molecule has 0 spiro atoms. The van der Waals surface area contributed by atoms with Crippen molar-refractivity contribution in [2.24, 2.45) is 16.0 Å². The molecule has 2 N–H and O–H groups in total. The average Bonchev–Trinajstić information content (AvgIpc) is 2.83. The first-order valence-electron chi connectivity index (χ1n) is 7.26. The van der Waals surface area contributed by atoms with Gasteiger partial charge in [0.05, 0.1) is 16.4 Å². The third-order valence-corrected chi connectivity index (χ3v) is 3.77. The molecule has 0 aliphatic carbocycles. The number of anilines is 1. The van der Waals surface area contributed by atoms with Crippen LogP contribution in [0.3, 0.4) is 0 Å². The number of nitrogens with zero attached hydrogens (tertiary/aromatic N) is 5. The van der Waals surface area contributed by atoms with Gasteiger partial charge in [0, 0.05) is 40.1 Å². The van der Waals surface area contributed by atoms with Gasteiger partial charge in [-0.25, -0.2) is 0 Å². The highest BCUT2D eigenvalue weighted by Crippen LogP contribution is 2.29. The quantitative estimate of drug-likeness (QED) is 0.818. The molecule has 22 heavy (non-hydrogen) atoms. The molecule has 1 unspecified atom stereocenters.